The highest BCUT2D eigenvalue weighted by Crippen LogP contribution is 2.26. The molecule has 1 heterocycles. The Morgan fingerprint density at radius 1 is 1.26 bits per heavy atom. The third kappa shape index (κ3) is 4.04. The fourth-order valence-corrected chi connectivity index (χ4v) is 2.10. The Labute approximate surface area is 112 Å². The summed E-state index contributed by atoms with van der Waals surface area (Å²) in [7, 11) is 1.49. The topological polar surface area (TPSA) is 106 Å². The summed E-state index contributed by atoms with van der Waals surface area (Å²) in [5.41, 5.74) is 8.35. The second kappa shape index (κ2) is 8.31. The molecule has 0 aromatic rings. The zero-order valence-electron chi connectivity index (χ0n) is 11.4. The van der Waals surface area contributed by atoms with E-state index in [0.717, 1.165) is 0 Å². The monoisotopic (exact) mass is 275 g/mol. The van der Waals surface area contributed by atoms with Crippen LogP contribution in [0.15, 0.2) is 5.11 Å². The summed E-state index contributed by atoms with van der Waals surface area (Å²) in [6.07, 6.45) is -3.38. The molecule has 0 radical (unpaired) electrons. The van der Waals surface area contributed by atoms with Crippen molar-refractivity contribution in [3.8, 4) is 0 Å². The van der Waals surface area contributed by atoms with Gasteiger partial charge in [-0.1, -0.05) is 5.11 Å². The van der Waals surface area contributed by atoms with Gasteiger partial charge in [0.2, 0.25) is 0 Å². The Bertz CT molecular complexity index is 311. The van der Waals surface area contributed by atoms with Crippen molar-refractivity contribution in [1.29, 1.82) is 0 Å². The first-order valence-electron chi connectivity index (χ1n) is 6.29. The van der Waals surface area contributed by atoms with E-state index in [4.69, 9.17) is 24.5 Å². The molecule has 1 saturated heterocycles. The average molecular weight is 275 g/mol. The molecule has 110 valence electrons. The molecular weight excluding hydrogens is 254 g/mol. The summed E-state index contributed by atoms with van der Waals surface area (Å²) < 4.78 is 21.8. The van der Waals surface area contributed by atoms with Crippen molar-refractivity contribution in [3.63, 3.8) is 0 Å². The lowest BCUT2D eigenvalue weighted by molar-refractivity contribution is -0.303. The zero-order valence-corrected chi connectivity index (χ0v) is 11.4. The maximum atomic E-state index is 10.2. The molecular formula is C11H21N3O5. The number of hydrogen-bond acceptors (Lipinski definition) is 6. The Balaban J connectivity index is 2.85. The van der Waals surface area contributed by atoms with E-state index in [1.165, 1.54) is 7.11 Å². The molecule has 1 fully saturated rings. The number of ether oxygens (including phenoxy) is 4. The first-order valence-corrected chi connectivity index (χ1v) is 6.29. The number of aliphatic hydroxyl groups excluding tert-OH is 1. The van der Waals surface area contributed by atoms with E-state index in [2.05, 4.69) is 10.0 Å². The molecule has 1 aliphatic rings. The van der Waals surface area contributed by atoms with Gasteiger partial charge in [0.15, 0.2) is 6.29 Å². The summed E-state index contributed by atoms with van der Waals surface area (Å²) in [6.45, 7) is 4.56. The van der Waals surface area contributed by atoms with Gasteiger partial charge < -0.3 is 24.1 Å². The smallest absolute Gasteiger partial charge is 0.186 e. The highest BCUT2D eigenvalue weighted by atomic mass is 16.7. The maximum absolute atomic E-state index is 10.2. The Hall–Kier alpha value is -0.890. The highest BCUT2D eigenvalue weighted by Gasteiger charge is 2.46. The van der Waals surface area contributed by atoms with Gasteiger partial charge in [-0.05, 0) is 19.4 Å². The van der Waals surface area contributed by atoms with Gasteiger partial charge >= 0.3 is 0 Å². The fraction of sp³-hybridized carbons (Fsp3) is 1.00. The van der Waals surface area contributed by atoms with Gasteiger partial charge in [-0.2, -0.15) is 0 Å². The van der Waals surface area contributed by atoms with Crippen molar-refractivity contribution in [2.24, 2.45) is 5.11 Å². The van der Waals surface area contributed by atoms with Gasteiger partial charge in [-0.15, -0.1) is 0 Å². The van der Waals surface area contributed by atoms with E-state index in [9.17, 15) is 5.11 Å². The first kappa shape index (κ1) is 16.2. The van der Waals surface area contributed by atoms with E-state index in [1.54, 1.807) is 0 Å². The molecule has 0 saturated carbocycles. The Kier molecular flexibility index (Phi) is 7.07. The minimum absolute atomic E-state index is 0.0138. The normalized spacial score (nSPS) is 34.8. The number of rotatable bonds is 7. The van der Waals surface area contributed by atoms with Crippen LogP contribution < -0.4 is 0 Å². The third-order valence-corrected chi connectivity index (χ3v) is 2.89. The minimum atomic E-state index is -0.937. The quantitative estimate of drug-likeness (QED) is 0.421. The molecule has 0 spiro atoms. The standard InChI is InChI=1S/C11H21N3O5/c1-4-17-9-8(15)7(6-13-14-12)19-11(16-3)10(9)18-5-2/h7-11,15H,4-6H2,1-3H3/t7?,8-,9?,10?,11-/m0/s1. The van der Waals surface area contributed by atoms with E-state index in [-0.39, 0.29) is 6.54 Å². The van der Waals surface area contributed by atoms with Crippen molar-refractivity contribution in [3.05, 3.63) is 10.4 Å². The van der Waals surface area contributed by atoms with Crippen LogP contribution >= 0.6 is 0 Å². The van der Waals surface area contributed by atoms with Crippen molar-refractivity contribution in [2.45, 2.75) is 44.6 Å². The predicted molar refractivity (Wildman–Crippen MR) is 66.5 cm³/mol. The molecule has 0 bridgehead atoms. The lowest BCUT2D eigenvalue weighted by atomic mass is 9.98. The Morgan fingerprint density at radius 2 is 1.89 bits per heavy atom. The number of hydrogen-bond donors (Lipinski definition) is 1. The van der Waals surface area contributed by atoms with Crippen molar-refractivity contribution < 1.29 is 24.1 Å². The molecule has 8 nitrogen and oxygen atoms in total. The van der Waals surface area contributed by atoms with E-state index < -0.39 is 30.7 Å². The third-order valence-electron chi connectivity index (χ3n) is 2.89. The second-order valence-corrected chi connectivity index (χ2v) is 4.02. The van der Waals surface area contributed by atoms with Gasteiger partial charge in [0, 0.05) is 25.2 Å². The van der Waals surface area contributed by atoms with Gasteiger partial charge in [-0.3, -0.25) is 0 Å². The summed E-state index contributed by atoms with van der Waals surface area (Å²) >= 11 is 0. The van der Waals surface area contributed by atoms with Crippen LogP contribution in [0.3, 0.4) is 0 Å². The van der Waals surface area contributed by atoms with Crippen molar-refractivity contribution in [2.75, 3.05) is 26.9 Å². The van der Waals surface area contributed by atoms with Crippen LogP contribution in [0.25, 0.3) is 10.4 Å². The van der Waals surface area contributed by atoms with Crippen molar-refractivity contribution in [1.82, 2.24) is 0 Å². The Morgan fingerprint density at radius 3 is 2.42 bits per heavy atom. The molecule has 0 aliphatic carbocycles. The van der Waals surface area contributed by atoms with Crippen LogP contribution in [-0.4, -0.2) is 62.7 Å². The largest absolute Gasteiger partial charge is 0.388 e. The summed E-state index contributed by atoms with van der Waals surface area (Å²) in [6, 6.07) is 0. The summed E-state index contributed by atoms with van der Waals surface area (Å²) in [5.74, 6) is 0. The van der Waals surface area contributed by atoms with Crippen LogP contribution in [0.1, 0.15) is 13.8 Å². The van der Waals surface area contributed by atoms with Crippen LogP contribution in [0.5, 0.6) is 0 Å². The molecule has 0 aromatic carbocycles. The van der Waals surface area contributed by atoms with Gasteiger partial charge in [0.1, 0.15) is 18.3 Å². The second-order valence-electron chi connectivity index (χ2n) is 4.02. The first-order chi connectivity index (χ1) is 9.19. The van der Waals surface area contributed by atoms with E-state index in [1.807, 2.05) is 13.8 Å². The molecule has 0 amide bonds. The molecule has 1 N–H and O–H groups in total. The number of nitrogens with zero attached hydrogens (tertiary/aromatic N) is 3. The van der Waals surface area contributed by atoms with E-state index in [0.29, 0.717) is 13.2 Å². The maximum Gasteiger partial charge on any atom is 0.186 e. The molecule has 0 aromatic heterocycles. The van der Waals surface area contributed by atoms with Crippen LogP contribution in [0, 0.1) is 0 Å². The van der Waals surface area contributed by atoms with Crippen LogP contribution in [0.2, 0.25) is 0 Å². The zero-order chi connectivity index (χ0) is 14.3. The SMILES string of the molecule is CCOC1C(OCC)[C@@H](O)C(CN=[N+]=[N-])O[C@@H]1OC. The molecule has 1 aliphatic heterocycles. The number of methoxy groups -OCH3 is 1. The highest BCUT2D eigenvalue weighted by molar-refractivity contribution is 4.92. The van der Waals surface area contributed by atoms with Gasteiger partial charge in [-0.25, -0.2) is 0 Å². The molecule has 8 heteroatoms. The minimum Gasteiger partial charge on any atom is -0.388 e. The molecule has 19 heavy (non-hydrogen) atoms. The number of azide groups is 1. The fourth-order valence-electron chi connectivity index (χ4n) is 2.10. The average Bonchev–Trinajstić information content (AvgIpc) is 2.42. The van der Waals surface area contributed by atoms with Gasteiger partial charge in [0.25, 0.3) is 0 Å². The summed E-state index contributed by atoms with van der Waals surface area (Å²) in [4.78, 5) is 2.66. The van der Waals surface area contributed by atoms with Gasteiger partial charge in [0.05, 0.1) is 12.6 Å². The van der Waals surface area contributed by atoms with Crippen molar-refractivity contribution >= 4 is 0 Å². The molecule has 5 atom stereocenters. The summed E-state index contributed by atoms with van der Waals surface area (Å²) in [5, 5.41) is 13.7. The molecule has 3 unspecified atom stereocenters. The lowest BCUT2D eigenvalue weighted by Gasteiger charge is -2.43. The molecule has 1 rings (SSSR count). The van der Waals surface area contributed by atoms with Crippen LogP contribution in [-0.2, 0) is 18.9 Å². The lowest BCUT2D eigenvalue weighted by Crippen LogP contribution is -2.60. The van der Waals surface area contributed by atoms with Crippen LogP contribution in [0.4, 0.5) is 0 Å². The predicted octanol–water partition coefficient (Wildman–Crippen LogP) is 0.839. The van der Waals surface area contributed by atoms with E-state index >= 15 is 0 Å². The number of aliphatic hydroxyl groups is 1.